The highest BCUT2D eigenvalue weighted by Crippen LogP contribution is 2.30. The van der Waals surface area contributed by atoms with Crippen LogP contribution in [0.4, 0.5) is 0 Å². The van der Waals surface area contributed by atoms with Gasteiger partial charge in [-0.3, -0.25) is 15.0 Å². The van der Waals surface area contributed by atoms with Gasteiger partial charge in [-0.1, -0.05) is 13.8 Å². The first-order valence-corrected chi connectivity index (χ1v) is 8.54. The maximum Gasteiger partial charge on any atom is 0.327 e. The topological polar surface area (TPSA) is 41.6 Å². The molecule has 4 nitrogen and oxygen atoms in total. The normalized spacial score (nSPS) is 33.5. The van der Waals surface area contributed by atoms with Crippen LogP contribution in [0.5, 0.6) is 0 Å². The van der Waals surface area contributed by atoms with Crippen LogP contribution in [0.25, 0.3) is 0 Å². The third kappa shape index (κ3) is 4.19. The lowest BCUT2D eigenvalue weighted by Crippen LogP contribution is -2.61. The molecule has 1 aliphatic carbocycles. The van der Waals surface area contributed by atoms with Crippen LogP contribution in [0.1, 0.15) is 53.9 Å². The summed E-state index contributed by atoms with van der Waals surface area (Å²) >= 11 is 0. The van der Waals surface area contributed by atoms with Gasteiger partial charge in [0, 0.05) is 25.2 Å². The number of ether oxygens (including phenoxy) is 1. The highest BCUT2D eigenvalue weighted by molar-refractivity contribution is 5.80. The smallest absolute Gasteiger partial charge is 0.327 e. The molecule has 1 saturated heterocycles. The van der Waals surface area contributed by atoms with Crippen molar-refractivity contribution in [3.8, 4) is 0 Å². The van der Waals surface area contributed by atoms with Crippen molar-refractivity contribution >= 4 is 5.97 Å². The van der Waals surface area contributed by atoms with Crippen LogP contribution in [0, 0.1) is 11.8 Å². The Balaban J connectivity index is 2.07. The van der Waals surface area contributed by atoms with E-state index < -0.39 is 5.54 Å². The molecular weight excluding hydrogens is 264 g/mol. The van der Waals surface area contributed by atoms with Crippen molar-refractivity contribution in [3.05, 3.63) is 0 Å². The van der Waals surface area contributed by atoms with Crippen LogP contribution in [0.15, 0.2) is 0 Å². The molecule has 4 atom stereocenters. The Morgan fingerprint density at radius 1 is 1.33 bits per heavy atom. The maximum absolute atomic E-state index is 12.5. The van der Waals surface area contributed by atoms with Crippen molar-refractivity contribution < 1.29 is 9.53 Å². The summed E-state index contributed by atoms with van der Waals surface area (Å²) in [4.78, 5) is 14.9. The van der Waals surface area contributed by atoms with Crippen molar-refractivity contribution in [1.29, 1.82) is 0 Å². The summed E-state index contributed by atoms with van der Waals surface area (Å²) in [5.41, 5.74) is -0.581. The van der Waals surface area contributed by atoms with E-state index in [-0.39, 0.29) is 5.97 Å². The first kappa shape index (κ1) is 16.8. The number of carbonyl (C=O) groups excluding carboxylic acids is 1. The van der Waals surface area contributed by atoms with Gasteiger partial charge < -0.3 is 4.74 Å². The van der Waals surface area contributed by atoms with Crippen molar-refractivity contribution in [2.24, 2.45) is 11.8 Å². The lowest BCUT2D eigenvalue weighted by Gasteiger charge is -2.44. The molecule has 1 aliphatic heterocycles. The van der Waals surface area contributed by atoms with Crippen molar-refractivity contribution in [2.75, 3.05) is 19.7 Å². The molecule has 0 aromatic carbocycles. The number of likely N-dealkylation sites (tertiary alicyclic amines) is 1. The number of nitrogens with one attached hydrogen (secondary N) is 1. The number of piperidine rings is 1. The van der Waals surface area contributed by atoms with Gasteiger partial charge >= 0.3 is 5.97 Å². The Kier molecular flexibility index (Phi) is 5.31. The Morgan fingerprint density at radius 3 is 2.57 bits per heavy atom. The molecule has 0 spiro atoms. The fraction of sp³-hybridized carbons (Fsp3) is 0.941. The molecule has 0 amide bonds. The summed E-state index contributed by atoms with van der Waals surface area (Å²) in [5.74, 6) is 1.28. The minimum atomic E-state index is -0.581. The van der Waals surface area contributed by atoms with Crippen LogP contribution >= 0.6 is 0 Å². The third-order valence-corrected chi connectivity index (χ3v) is 5.07. The van der Waals surface area contributed by atoms with E-state index in [2.05, 4.69) is 31.0 Å². The van der Waals surface area contributed by atoms with Crippen molar-refractivity contribution in [2.45, 2.75) is 71.5 Å². The fourth-order valence-electron chi connectivity index (χ4n) is 3.59. The van der Waals surface area contributed by atoms with Gasteiger partial charge in [0.05, 0.1) is 6.61 Å². The third-order valence-electron chi connectivity index (χ3n) is 5.07. The van der Waals surface area contributed by atoms with E-state index in [1.54, 1.807) is 0 Å². The average molecular weight is 296 g/mol. The Morgan fingerprint density at radius 2 is 2.00 bits per heavy atom. The minimum Gasteiger partial charge on any atom is -0.465 e. The van der Waals surface area contributed by atoms with Crippen LogP contribution in [0.2, 0.25) is 0 Å². The zero-order valence-corrected chi connectivity index (χ0v) is 14.3. The minimum absolute atomic E-state index is 0.102. The quantitative estimate of drug-likeness (QED) is 0.764. The van der Waals surface area contributed by atoms with Gasteiger partial charge in [0.2, 0.25) is 0 Å². The molecule has 0 aromatic rings. The van der Waals surface area contributed by atoms with Crippen LogP contribution in [-0.4, -0.2) is 48.2 Å². The summed E-state index contributed by atoms with van der Waals surface area (Å²) in [6.07, 6.45) is 3.64. The second kappa shape index (κ2) is 6.66. The van der Waals surface area contributed by atoms with Gasteiger partial charge in [0.1, 0.15) is 5.54 Å². The summed E-state index contributed by atoms with van der Waals surface area (Å²) in [6.45, 7) is 13.1. The second-order valence-electron chi connectivity index (χ2n) is 7.46. The molecule has 4 heteroatoms. The number of rotatable bonds is 6. The lowest BCUT2D eigenvalue weighted by molar-refractivity contribution is -0.152. The molecule has 1 heterocycles. The summed E-state index contributed by atoms with van der Waals surface area (Å²) in [7, 11) is 0. The molecule has 0 bridgehead atoms. The number of carbonyl (C=O) groups is 1. The Labute approximate surface area is 129 Å². The van der Waals surface area contributed by atoms with Crippen LogP contribution < -0.4 is 5.32 Å². The predicted molar refractivity (Wildman–Crippen MR) is 85.2 cm³/mol. The van der Waals surface area contributed by atoms with Gasteiger partial charge in [-0.2, -0.15) is 0 Å². The van der Waals surface area contributed by atoms with Crippen LogP contribution in [-0.2, 0) is 9.53 Å². The molecule has 0 aromatic heterocycles. The molecule has 2 rings (SSSR count). The highest BCUT2D eigenvalue weighted by Gasteiger charge is 2.43. The summed E-state index contributed by atoms with van der Waals surface area (Å²) in [5, 5.41) is 3.53. The summed E-state index contributed by atoms with van der Waals surface area (Å²) < 4.78 is 5.34. The fourth-order valence-corrected chi connectivity index (χ4v) is 3.59. The molecule has 4 unspecified atom stereocenters. The molecule has 0 radical (unpaired) electrons. The zero-order chi connectivity index (χ0) is 15.6. The summed E-state index contributed by atoms with van der Waals surface area (Å²) in [6, 6.07) is 1.02. The highest BCUT2D eigenvalue weighted by atomic mass is 16.5. The number of hydrogen-bond donors (Lipinski definition) is 1. The van der Waals surface area contributed by atoms with E-state index >= 15 is 0 Å². The Bertz CT molecular complexity index is 370. The molecular formula is C17H32N2O2. The number of esters is 1. The number of hydrogen-bond acceptors (Lipinski definition) is 4. The van der Waals surface area contributed by atoms with Gasteiger partial charge in [-0.05, 0) is 51.9 Å². The molecule has 1 N–H and O–H groups in total. The first-order valence-electron chi connectivity index (χ1n) is 8.54. The monoisotopic (exact) mass is 296 g/mol. The Hall–Kier alpha value is -0.610. The van der Waals surface area contributed by atoms with Crippen molar-refractivity contribution in [3.63, 3.8) is 0 Å². The lowest BCUT2D eigenvalue weighted by atomic mass is 9.84. The molecule has 122 valence electrons. The second-order valence-corrected chi connectivity index (χ2v) is 7.46. The number of nitrogens with zero attached hydrogens (tertiary/aromatic N) is 1. The first-order chi connectivity index (χ1) is 9.85. The average Bonchev–Trinajstić information content (AvgIpc) is 3.19. The van der Waals surface area contributed by atoms with Gasteiger partial charge in [-0.15, -0.1) is 0 Å². The van der Waals surface area contributed by atoms with E-state index in [0.717, 1.165) is 13.1 Å². The van der Waals surface area contributed by atoms with Gasteiger partial charge in [0.25, 0.3) is 0 Å². The maximum atomic E-state index is 12.5. The molecule has 1 saturated carbocycles. The predicted octanol–water partition coefficient (Wildman–Crippen LogP) is 2.43. The molecule has 21 heavy (non-hydrogen) atoms. The van der Waals surface area contributed by atoms with E-state index in [1.165, 1.54) is 19.3 Å². The van der Waals surface area contributed by atoms with Crippen LogP contribution in [0.3, 0.4) is 0 Å². The molecule has 2 fully saturated rings. The molecule has 2 aliphatic rings. The van der Waals surface area contributed by atoms with Gasteiger partial charge in [-0.25, -0.2) is 0 Å². The zero-order valence-electron chi connectivity index (χ0n) is 14.3. The van der Waals surface area contributed by atoms with E-state index in [1.807, 2.05) is 13.8 Å². The van der Waals surface area contributed by atoms with E-state index in [4.69, 9.17) is 4.74 Å². The van der Waals surface area contributed by atoms with E-state index in [0.29, 0.717) is 30.5 Å². The largest absolute Gasteiger partial charge is 0.465 e. The SMILES string of the molecule is CCOC(=O)C(C)(CN1CC(C)CC(C)C1C)NC1CC1. The van der Waals surface area contributed by atoms with E-state index in [9.17, 15) is 4.79 Å². The standard InChI is InChI=1S/C17H32N2O2/c1-6-21-16(20)17(5,18-15-7-8-15)11-19-10-12(2)9-13(3)14(19)4/h12-15,18H,6-11H2,1-5H3. The van der Waals surface area contributed by atoms with Gasteiger partial charge in [0.15, 0.2) is 0 Å². The van der Waals surface area contributed by atoms with Crippen molar-refractivity contribution in [1.82, 2.24) is 10.2 Å².